The summed E-state index contributed by atoms with van der Waals surface area (Å²) in [7, 11) is 0. The van der Waals surface area contributed by atoms with E-state index in [2.05, 4.69) is 16.0 Å². The van der Waals surface area contributed by atoms with Crippen LogP contribution in [0.15, 0.2) is 30.3 Å². The zero-order chi connectivity index (χ0) is 17.6. The predicted molar refractivity (Wildman–Crippen MR) is 103 cm³/mol. The number of hydrogen-bond acceptors (Lipinski definition) is 4. The van der Waals surface area contributed by atoms with Crippen molar-refractivity contribution in [1.29, 1.82) is 0 Å². The van der Waals surface area contributed by atoms with Crippen molar-refractivity contribution < 1.29 is 14.3 Å². The van der Waals surface area contributed by atoms with Crippen LogP contribution in [0, 0.1) is 0 Å². The summed E-state index contributed by atoms with van der Waals surface area (Å²) in [5.41, 5.74) is 0.792. The molecule has 0 unspecified atom stereocenters. The smallest absolute Gasteiger partial charge is 0.321 e. The van der Waals surface area contributed by atoms with Gasteiger partial charge in [-0.1, -0.05) is 18.2 Å². The van der Waals surface area contributed by atoms with Crippen LogP contribution in [-0.4, -0.2) is 61.3 Å². The summed E-state index contributed by atoms with van der Waals surface area (Å²) in [5, 5.41) is 9.19. The number of benzene rings is 1. The Morgan fingerprint density at radius 1 is 1.19 bits per heavy atom. The number of ether oxygens (including phenoxy) is 1. The van der Waals surface area contributed by atoms with E-state index in [0.717, 1.165) is 18.5 Å². The summed E-state index contributed by atoms with van der Waals surface area (Å²) in [4.78, 5) is 26.5. The summed E-state index contributed by atoms with van der Waals surface area (Å²) < 4.78 is 5.52. The van der Waals surface area contributed by atoms with E-state index >= 15 is 0 Å². The van der Waals surface area contributed by atoms with Crippen molar-refractivity contribution in [3.05, 3.63) is 30.3 Å². The fourth-order valence-electron chi connectivity index (χ4n) is 3.27. The number of carbonyl (C=O) groups is 2. The van der Waals surface area contributed by atoms with Crippen molar-refractivity contribution in [2.75, 3.05) is 31.6 Å². The molecule has 3 rings (SSSR count). The van der Waals surface area contributed by atoms with E-state index in [0.29, 0.717) is 26.2 Å². The Labute approximate surface area is 160 Å². The second kappa shape index (κ2) is 9.75. The zero-order valence-corrected chi connectivity index (χ0v) is 15.8. The van der Waals surface area contributed by atoms with E-state index in [1.807, 2.05) is 37.3 Å². The number of nitrogens with one attached hydrogen (secondary N) is 3. The first-order valence-electron chi connectivity index (χ1n) is 8.90. The summed E-state index contributed by atoms with van der Waals surface area (Å²) >= 11 is 0. The fourth-order valence-corrected chi connectivity index (χ4v) is 3.27. The lowest BCUT2D eigenvalue weighted by Crippen LogP contribution is -2.58. The van der Waals surface area contributed by atoms with Crippen molar-refractivity contribution in [1.82, 2.24) is 15.5 Å². The summed E-state index contributed by atoms with van der Waals surface area (Å²) in [6.07, 6.45) is 1.40. The third-order valence-corrected chi connectivity index (χ3v) is 4.75. The topological polar surface area (TPSA) is 82.7 Å². The van der Waals surface area contributed by atoms with Crippen LogP contribution in [0.5, 0.6) is 0 Å². The molecule has 0 saturated carbocycles. The number of halogens is 1. The molecule has 0 bridgehead atoms. The van der Waals surface area contributed by atoms with E-state index in [4.69, 9.17) is 4.74 Å². The maximum Gasteiger partial charge on any atom is 0.321 e. The Hall–Kier alpha value is -1.83. The lowest BCUT2D eigenvalue weighted by molar-refractivity contribution is -0.129. The first kappa shape index (κ1) is 20.5. The van der Waals surface area contributed by atoms with E-state index < -0.39 is 0 Å². The number of likely N-dealkylation sites (tertiary alicyclic amines) is 1. The molecule has 26 heavy (non-hydrogen) atoms. The van der Waals surface area contributed by atoms with Gasteiger partial charge in [0.2, 0.25) is 5.91 Å². The third-order valence-electron chi connectivity index (χ3n) is 4.75. The summed E-state index contributed by atoms with van der Waals surface area (Å²) in [6.45, 7) is 4.51. The normalized spacial score (nSPS) is 23.7. The minimum atomic E-state index is -0.298. The highest BCUT2D eigenvalue weighted by Crippen LogP contribution is 2.14. The molecule has 0 aliphatic carbocycles. The maximum absolute atomic E-state index is 12.4. The molecule has 1 aromatic rings. The molecule has 2 aliphatic heterocycles. The second-order valence-corrected chi connectivity index (χ2v) is 6.57. The SMILES string of the molecule is C[C@H]1OCCN[C@@H]1C(=O)NC1CCN(C(=O)Nc2ccccc2)CC1.Cl. The molecule has 2 heterocycles. The Kier molecular flexibility index (Phi) is 7.68. The van der Waals surface area contributed by atoms with Gasteiger partial charge in [-0.3, -0.25) is 4.79 Å². The third kappa shape index (κ3) is 5.33. The Bertz CT molecular complexity index is 593. The lowest BCUT2D eigenvalue weighted by atomic mass is 10.0. The van der Waals surface area contributed by atoms with Crippen LogP contribution in [0.25, 0.3) is 0 Å². The molecule has 3 N–H and O–H groups in total. The van der Waals surface area contributed by atoms with Gasteiger partial charge in [-0.15, -0.1) is 12.4 Å². The fraction of sp³-hybridized carbons (Fsp3) is 0.556. The summed E-state index contributed by atoms with van der Waals surface area (Å²) in [5.74, 6) is -0.0145. The van der Waals surface area contributed by atoms with Gasteiger partial charge in [-0.25, -0.2) is 4.79 Å². The molecule has 3 amide bonds. The highest BCUT2D eigenvalue weighted by Gasteiger charge is 2.31. The number of nitrogens with zero attached hydrogens (tertiary/aromatic N) is 1. The van der Waals surface area contributed by atoms with Crippen LogP contribution in [0.2, 0.25) is 0 Å². The average molecular weight is 383 g/mol. The van der Waals surface area contributed by atoms with Crippen LogP contribution < -0.4 is 16.0 Å². The minimum Gasteiger partial charge on any atom is -0.375 e. The highest BCUT2D eigenvalue weighted by atomic mass is 35.5. The van der Waals surface area contributed by atoms with Gasteiger partial charge in [0.15, 0.2) is 0 Å². The van der Waals surface area contributed by atoms with Gasteiger partial charge >= 0.3 is 6.03 Å². The number of anilines is 1. The molecule has 2 atom stereocenters. The molecular formula is C18H27ClN4O3. The second-order valence-electron chi connectivity index (χ2n) is 6.57. The number of amides is 3. The van der Waals surface area contributed by atoms with Crippen LogP contribution >= 0.6 is 12.4 Å². The van der Waals surface area contributed by atoms with E-state index in [-0.39, 0.29) is 42.5 Å². The van der Waals surface area contributed by atoms with Gasteiger partial charge in [0.1, 0.15) is 6.04 Å². The number of hydrogen-bond donors (Lipinski definition) is 3. The maximum atomic E-state index is 12.4. The molecule has 2 fully saturated rings. The minimum absolute atomic E-state index is 0. The van der Waals surface area contributed by atoms with Crippen LogP contribution in [0.1, 0.15) is 19.8 Å². The molecule has 2 saturated heterocycles. The van der Waals surface area contributed by atoms with Crippen molar-refractivity contribution in [3.63, 3.8) is 0 Å². The average Bonchev–Trinajstić information content (AvgIpc) is 2.63. The van der Waals surface area contributed by atoms with Crippen molar-refractivity contribution >= 4 is 30.0 Å². The molecule has 8 heteroatoms. The van der Waals surface area contributed by atoms with Crippen molar-refractivity contribution in [2.24, 2.45) is 0 Å². The molecule has 2 aliphatic rings. The first-order valence-corrected chi connectivity index (χ1v) is 8.90. The Balaban J connectivity index is 0.00000243. The zero-order valence-electron chi connectivity index (χ0n) is 14.9. The Morgan fingerprint density at radius 3 is 2.54 bits per heavy atom. The van der Waals surface area contributed by atoms with Crippen molar-refractivity contribution in [3.8, 4) is 0 Å². The number of carbonyl (C=O) groups excluding carboxylic acids is 2. The number of urea groups is 1. The molecular weight excluding hydrogens is 356 g/mol. The number of para-hydroxylation sites is 1. The van der Waals surface area contributed by atoms with Gasteiger partial charge in [0.25, 0.3) is 0 Å². The summed E-state index contributed by atoms with van der Waals surface area (Å²) in [6, 6.07) is 9.14. The molecule has 0 radical (unpaired) electrons. The van der Waals surface area contributed by atoms with Gasteiger partial charge in [0.05, 0.1) is 12.7 Å². The molecule has 0 aromatic heterocycles. The number of rotatable bonds is 3. The number of morpholine rings is 1. The lowest BCUT2D eigenvalue weighted by Gasteiger charge is -2.35. The van der Waals surface area contributed by atoms with E-state index in [9.17, 15) is 9.59 Å². The highest BCUT2D eigenvalue weighted by molar-refractivity contribution is 5.89. The predicted octanol–water partition coefficient (Wildman–Crippen LogP) is 1.60. The van der Waals surface area contributed by atoms with Gasteiger partial charge in [-0.2, -0.15) is 0 Å². The molecule has 7 nitrogen and oxygen atoms in total. The van der Waals surface area contributed by atoms with Gasteiger partial charge < -0.3 is 25.6 Å². The van der Waals surface area contributed by atoms with Crippen LogP contribution in [-0.2, 0) is 9.53 Å². The van der Waals surface area contributed by atoms with Gasteiger partial charge in [0, 0.05) is 31.4 Å². The number of piperidine rings is 1. The quantitative estimate of drug-likeness (QED) is 0.741. The Morgan fingerprint density at radius 2 is 1.88 bits per heavy atom. The van der Waals surface area contributed by atoms with Crippen molar-refractivity contribution in [2.45, 2.75) is 38.0 Å². The largest absolute Gasteiger partial charge is 0.375 e. The van der Waals surface area contributed by atoms with Crippen LogP contribution in [0.3, 0.4) is 0 Å². The molecule has 0 spiro atoms. The van der Waals surface area contributed by atoms with Gasteiger partial charge in [-0.05, 0) is 31.9 Å². The van der Waals surface area contributed by atoms with E-state index in [1.165, 1.54) is 0 Å². The molecule has 144 valence electrons. The molecule has 1 aromatic carbocycles. The monoisotopic (exact) mass is 382 g/mol. The standard InChI is InChI=1S/C18H26N4O3.ClH/c1-13-16(19-9-12-25-13)17(23)20-15-7-10-22(11-8-15)18(24)21-14-5-3-2-4-6-14;/h2-6,13,15-16,19H,7-12H2,1H3,(H,20,23)(H,21,24);1H/t13-,16+;/m1./s1. The van der Waals surface area contributed by atoms with E-state index in [1.54, 1.807) is 4.90 Å². The van der Waals surface area contributed by atoms with Crippen LogP contribution in [0.4, 0.5) is 10.5 Å². The first-order chi connectivity index (χ1) is 12.1.